The van der Waals surface area contributed by atoms with Crippen molar-refractivity contribution in [2.24, 2.45) is 10.2 Å². The number of anilines is 1. The van der Waals surface area contributed by atoms with E-state index >= 15 is 0 Å². The summed E-state index contributed by atoms with van der Waals surface area (Å²) in [6.07, 6.45) is -4.98. The molecule has 0 unspecified atom stereocenters. The second-order valence-corrected chi connectivity index (χ2v) is 6.13. The Hall–Kier alpha value is -4.10. The van der Waals surface area contributed by atoms with E-state index in [9.17, 15) is 27.6 Å². The van der Waals surface area contributed by atoms with Crippen molar-refractivity contribution >= 4 is 23.1 Å². The average Bonchev–Trinajstić information content (AvgIpc) is 3.20. The molecule has 0 aliphatic carbocycles. The van der Waals surface area contributed by atoms with E-state index in [2.05, 4.69) is 15.3 Å². The molecule has 164 valence electrons. The average molecular weight is 439 g/mol. The fraction of sp³-hybridized carbons (Fsp3) is 0.235. The second-order valence-electron chi connectivity index (χ2n) is 6.13. The number of azo groups is 1. The number of halogens is 3. The minimum atomic E-state index is -4.98. The molecule has 11 nitrogen and oxygen atoms in total. The van der Waals surface area contributed by atoms with Gasteiger partial charge in [0.1, 0.15) is 18.1 Å². The van der Waals surface area contributed by atoms with Crippen LogP contribution in [0.1, 0.15) is 17.4 Å². The van der Waals surface area contributed by atoms with Crippen LogP contribution < -0.4 is 21.6 Å². The number of ether oxygens (including phenoxy) is 1. The van der Waals surface area contributed by atoms with Gasteiger partial charge in [0, 0.05) is 6.07 Å². The Balaban J connectivity index is 1.93. The summed E-state index contributed by atoms with van der Waals surface area (Å²) in [5, 5.41) is 11.1. The van der Waals surface area contributed by atoms with Crippen LogP contribution in [0.3, 0.4) is 0 Å². The predicted molar refractivity (Wildman–Crippen MR) is 102 cm³/mol. The van der Waals surface area contributed by atoms with Crippen molar-refractivity contribution in [3.8, 4) is 5.75 Å². The largest absolute Gasteiger partial charge is 0.494 e. The Bertz CT molecular complexity index is 1230. The molecule has 0 aliphatic rings. The highest BCUT2D eigenvalue weighted by Gasteiger charge is 2.38. The topological polar surface area (TPSA) is 153 Å². The molecule has 4 N–H and O–H groups in total. The third-order valence-corrected chi connectivity index (χ3v) is 3.91. The zero-order chi connectivity index (χ0) is 22.8. The molecule has 2 aromatic heterocycles. The number of carbonyl (C=O) groups excluding carboxylic acids is 1. The molecule has 0 amide bonds. The van der Waals surface area contributed by atoms with Crippen LogP contribution in [0.4, 0.5) is 30.4 Å². The molecule has 1 aromatic carbocycles. The molecule has 0 radical (unpaired) electrons. The Morgan fingerprint density at radius 3 is 2.39 bits per heavy atom. The lowest BCUT2D eigenvalue weighted by molar-refractivity contribution is -0.141. The number of hydrogen-bond acceptors (Lipinski definition) is 7. The van der Waals surface area contributed by atoms with Gasteiger partial charge in [0.15, 0.2) is 11.4 Å². The van der Waals surface area contributed by atoms with E-state index in [1.807, 2.05) is 0 Å². The number of carbonyl (C=O) groups is 1. The van der Waals surface area contributed by atoms with Crippen LogP contribution in [-0.4, -0.2) is 32.1 Å². The number of nitrogens with two attached hydrogens (primary N) is 1. The van der Waals surface area contributed by atoms with Crippen molar-refractivity contribution in [2.45, 2.75) is 19.6 Å². The third-order valence-electron chi connectivity index (χ3n) is 3.91. The molecular weight excluding hydrogens is 423 g/mol. The van der Waals surface area contributed by atoms with Gasteiger partial charge in [0.05, 0.1) is 12.3 Å². The number of H-pyrrole nitrogens is 2. The molecule has 0 bridgehead atoms. The number of aromatic amines is 2. The zero-order valence-electron chi connectivity index (χ0n) is 15.9. The van der Waals surface area contributed by atoms with Gasteiger partial charge in [-0.15, -0.1) is 5.11 Å². The van der Waals surface area contributed by atoms with E-state index in [1.165, 1.54) is 24.3 Å². The van der Waals surface area contributed by atoms with Crippen LogP contribution in [0.2, 0.25) is 0 Å². The molecule has 3 rings (SSSR count). The number of nitrogen functional groups attached to an aromatic ring is 1. The maximum Gasteiger partial charge on any atom is 0.435 e. The number of benzene rings is 1. The maximum absolute atomic E-state index is 13.4. The highest BCUT2D eigenvalue weighted by molar-refractivity contribution is 5.78. The third kappa shape index (κ3) is 4.73. The normalized spacial score (nSPS) is 11.9. The maximum atomic E-state index is 13.4. The van der Waals surface area contributed by atoms with Crippen LogP contribution >= 0.6 is 0 Å². The quantitative estimate of drug-likeness (QED) is 0.504. The molecule has 2 heterocycles. The molecule has 0 saturated heterocycles. The minimum absolute atomic E-state index is 0.127. The molecule has 0 aliphatic heterocycles. The van der Waals surface area contributed by atoms with Gasteiger partial charge in [0.2, 0.25) is 0 Å². The molecule has 0 saturated carbocycles. The van der Waals surface area contributed by atoms with E-state index < -0.39 is 41.1 Å². The van der Waals surface area contributed by atoms with Crippen LogP contribution in [-0.2, 0) is 12.7 Å². The van der Waals surface area contributed by atoms with Gasteiger partial charge in [-0.2, -0.15) is 23.0 Å². The molecule has 0 spiro atoms. The Morgan fingerprint density at radius 1 is 1.16 bits per heavy atom. The van der Waals surface area contributed by atoms with Crippen LogP contribution in [0.15, 0.2) is 50.1 Å². The van der Waals surface area contributed by atoms with E-state index in [0.29, 0.717) is 21.7 Å². The van der Waals surface area contributed by atoms with Crippen LogP contribution in [0, 0.1) is 0 Å². The first-order valence-electron chi connectivity index (χ1n) is 8.75. The highest BCUT2D eigenvalue weighted by atomic mass is 19.4. The van der Waals surface area contributed by atoms with E-state index in [4.69, 9.17) is 10.5 Å². The van der Waals surface area contributed by atoms with Gasteiger partial charge in [-0.25, -0.2) is 4.68 Å². The summed E-state index contributed by atoms with van der Waals surface area (Å²) < 4.78 is 46.2. The van der Waals surface area contributed by atoms with Crippen molar-refractivity contribution < 1.29 is 22.7 Å². The van der Waals surface area contributed by atoms with Crippen molar-refractivity contribution in [2.75, 3.05) is 12.3 Å². The Kier molecular flexibility index (Phi) is 5.81. The lowest BCUT2D eigenvalue weighted by atomic mass is 10.3. The van der Waals surface area contributed by atoms with Crippen molar-refractivity contribution in [1.29, 1.82) is 0 Å². The van der Waals surface area contributed by atoms with Gasteiger partial charge in [-0.05, 0) is 31.2 Å². The first-order valence-corrected chi connectivity index (χ1v) is 8.75. The summed E-state index contributed by atoms with van der Waals surface area (Å²) in [5.41, 5.74) is 0.937. The summed E-state index contributed by atoms with van der Waals surface area (Å²) in [7, 11) is 0. The second kappa shape index (κ2) is 8.33. The molecule has 31 heavy (non-hydrogen) atoms. The van der Waals surface area contributed by atoms with E-state index in [1.54, 1.807) is 12.0 Å². The Labute approximate surface area is 170 Å². The van der Waals surface area contributed by atoms with Crippen LogP contribution in [0.25, 0.3) is 0 Å². The molecule has 3 aromatic rings. The SMILES string of the molecule is CCOc1ccc(N=Nc2c(C(F)(F)F)[nH]n(CC(=O)n3[nH]c(N)cc3=O)c2=O)cc1. The van der Waals surface area contributed by atoms with E-state index in [-0.39, 0.29) is 11.5 Å². The van der Waals surface area contributed by atoms with E-state index in [0.717, 1.165) is 6.07 Å². The van der Waals surface area contributed by atoms with Crippen molar-refractivity contribution in [3.63, 3.8) is 0 Å². The van der Waals surface area contributed by atoms with Gasteiger partial charge < -0.3 is 10.5 Å². The number of hydrogen-bond donors (Lipinski definition) is 3. The van der Waals surface area contributed by atoms with Gasteiger partial charge in [-0.1, -0.05) is 0 Å². The summed E-state index contributed by atoms with van der Waals surface area (Å²) in [6.45, 7) is 1.31. The fourth-order valence-electron chi connectivity index (χ4n) is 2.56. The number of alkyl halides is 3. The number of rotatable bonds is 6. The van der Waals surface area contributed by atoms with Gasteiger partial charge in [0.25, 0.3) is 17.0 Å². The van der Waals surface area contributed by atoms with Crippen molar-refractivity contribution in [1.82, 2.24) is 19.6 Å². The Morgan fingerprint density at radius 2 is 1.84 bits per heavy atom. The van der Waals surface area contributed by atoms with Gasteiger partial charge in [-0.3, -0.25) is 24.6 Å². The summed E-state index contributed by atoms with van der Waals surface area (Å²) in [6, 6.07) is 6.87. The summed E-state index contributed by atoms with van der Waals surface area (Å²) >= 11 is 0. The number of nitrogens with zero attached hydrogens (tertiary/aromatic N) is 4. The minimum Gasteiger partial charge on any atom is -0.494 e. The monoisotopic (exact) mass is 439 g/mol. The predicted octanol–water partition coefficient (Wildman–Crippen LogP) is 2.42. The molecule has 0 fully saturated rings. The highest BCUT2D eigenvalue weighted by Crippen LogP contribution is 2.33. The first kappa shape index (κ1) is 21.6. The molecule has 14 heteroatoms. The molecular formula is C17H16F3N7O4. The lowest BCUT2D eigenvalue weighted by Gasteiger charge is -2.04. The standard InChI is InChI=1S/C17H16F3N7O4/c1-2-31-10-5-3-9(4-6-10)22-23-14-15(17(18,19)20)25-26(16(14)30)8-13(29)27-12(28)7-11(21)24-27/h3-7,24-25H,2,8,21H2,1H3. The summed E-state index contributed by atoms with van der Waals surface area (Å²) in [4.78, 5) is 36.2. The first-order chi connectivity index (χ1) is 14.6. The number of nitrogens with one attached hydrogen (secondary N) is 2. The van der Waals surface area contributed by atoms with Gasteiger partial charge >= 0.3 is 6.18 Å². The summed E-state index contributed by atoms with van der Waals surface area (Å²) in [5.74, 6) is -0.619. The lowest BCUT2D eigenvalue weighted by Crippen LogP contribution is -2.31. The number of aromatic nitrogens is 4. The molecule has 0 atom stereocenters. The fourth-order valence-corrected chi connectivity index (χ4v) is 2.56. The smallest absolute Gasteiger partial charge is 0.435 e. The zero-order valence-corrected chi connectivity index (χ0v) is 15.9. The van der Waals surface area contributed by atoms with Crippen molar-refractivity contribution in [3.05, 3.63) is 56.7 Å². The van der Waals surface area contributed by atoms with Crippen LogP contribution in [0.5, 0.6) is 5.75 Å².